The number of nitrogens with one attached hydrogen (secondary N) is 4. The van der Waals surface area contributed by atoms with Crippen LogP contribution >= 0.6 is 0 Å². The maximum atomic E-state index is 12.5. The molecule has 8 rings (SSSR count). The highest BCUT2D eigenvalue weighted by molar-refractivity contribution is 5.98. The SMILES string of the molecule is Cc1ccc(C(=O)NC2CCC2)cc1-c1ccc(C(=O)NCC2CC2)cc1.Cc1ccc(C(=O)NC2CCC2)cc1-c1ccc(C(=O)NCC2CC2)cc1. The Morgan fingerprint density at radius 1 is 0.463 bits per heavy atom. The Hall–Kier alpha value is -5.24. The van der Waals surface area contributed by atoms with Crippen molar-refractivity contribution in [3.63, 3.8) is 0 Å². The summed E-state index contributed by atoms with van der Waals surface area (Å²) in [6.45, 7) is 5.63. The summed E-state index contributed by atoms with van der Waals surface area (Å²) in [5, 5.41) is 12.2. The smallest absolute Gasteiger partial charge is 0.251 e. The van der Waals surface area contributed by atoms with Gasteiger partial charge in [0.1, 0.15) is 0 Å². The van der Waals surface area contributed by atoms with Crippen molar-refractivity contribution in [2.45, 2.75) is 90.1 Å². The summed E-state index contributed by atoms with van der Waals surface area (Å²) >= 11 is 0. The average Bonchev–Trinajstić information content (AvgIpc) is 4.10. The molecule has 0 unspecified atom stereocenters. The summed E-state index contributed by atoms with van der Waals surface area (Å²) in [5.74, 6) is 1.31. The molecule has 4 N–H and O–H groups in total. The summed E-state index contributed by atoms with van der Waals surface area (Å²) in [7, 11) is 0. The number of carbonyl (C=O) groups is 4. The van der Waals surface area contributed by atoms with Crippen molar-refractivity contribution in [2.75, 3.05) is 13.1 Å². The summed E-state index contributed by atoms with van der Waals surface area (Å²) in [5.41, 5.74) is 9.05. The maximum absolute atomic E-state index is 12.5. The first-order valence-electron chi connectivity index (χ1n) is 19.8. The lowest BCUT2D eigenvalue weighted by atomic mass is 9.92. The topological polar surface area (TPSA) is 116 Å². The van der Waals surface area contributed by atoms with Crippen LogP contribution in [-0.4, -0.2) is 48.8 Å². The van der Waals surface area contributed by atoms with E-state index in [1.54, 1.807) is 0 Å². The Kier molecular flexibility index (Phi) is 11.6. The molecule has 4 fully saturated rings. The molecular weight excluding hydrogens is 673 g/mol. The molecule has 4 amide bonds. The van der Waals surface area contributed by atoms with Crippen molar-refractivity contribution in [2.24, 2.45) is 11.8 Å². The van der Waals surface area contributed by atoms with Gasteiger partial charge in [-0.3, -0.25) is 19.2 Å². The van der Waals surface area contributed by atoms with Crippen molar-refractivity contribution < 1.29 is 19.2 Å². The number of aryl methyl sites for hydroxylation is 2. The second-order valence-electron chi connectivity index (χ2n) is 15.7. The fraction of sp³-hybridized carbons (Fsp3) is 0.391. The Bertz CT molecular complexity index is 1840. The lowest BCUT2D eigenvalue weighted by Gasteiger charge is -2.26. The van der Waals surface area contributed by atoms with E-state index in [1.165, 1.54) is 38.5 Å². The first kappa shape index (κ1) is 37.1. The van der Waals surface area contributed by atoms with Crippen LogP contribution in [0.25, 0.3) is 22.3 Å². The zero-order chi connectivity index (χ0) is 37.6. The molecule has 0 heterocycles. The lowest BCUT2D eigenvalue weighted by Crippen LogP contribution is -2.39. The summed E-state index contributed by atoms with van der Waals surface area (Å²) < 4.78 is 0. The highest BCUT2D eigenvalue weighted by Crippen LogP contribution is 2.30. The first-order chi connectivity index (χ1) is 26.2. The molecule has 0 aromatic heterocycles. The van der Waals surface area contributed by atoms with Gasteiger partial charge in [-0.1, -0.05) is 36.4 Å². The predicted octanol–water partition coefficient (Wildman–Crippen LogP) is 8.17. The van der Waals surface area contributed by atoms with Gasteiger partial charge in [0.05, 0.1) is 0 Å². The van der Waals surface area contributed by atoms with E-state index in [2.05, 4.69) is 21.3 Å². The maximum Gasteiger partial charge on any atom is 0.251 e. The van der Waals surface area contributed by atoms with E-state index in [0.29, 0.717) is 46.2 Å². The molecule has 0 bridgehead atoms. The Morgan fingerprint density at radius 3 is 1.13 bits per heavy atom. The molecule has 8 nitrogen and oxygen atoms in total. The van der Waals surface area contributed by atoms with Crippen LogP contribution in [0.4, 0.5) is 0 Å². The highest BCUT2D eigenvalue weighted by atomic mass is 16.2. The Balaban J connectivity index is 0.000000167. The summed E-state index contributed by atoms with van der Waals surface area (Å²) in [6, 6.07) is 27.6. The van der Waals surface area contributed by atoms with E-state index in [-0.39, 0.29) is 23.6 Å². The molecule has 0 aliphatic heterocycles. The molecule has 0 radical (unpaired) electrons. The fourth-order valence-electron chi connectivity index (χ4n) is 6.72. The van der Waals surface area contributed by atoms with Crippen LogP contribution in [0, 0.1) is 25.7 Å². The van der Waals surface area contributed by atoms with Crippen LogP contribution in [-0.2, 0) is 0 Å². The molecule has 0 spiro atoms. The third-order valence-corrected chi connectivity index (χ3v) is 11.3. The zero-order valence-corrected chi connectivity index (χ0v) is 31.5. The van der Waals surface area contributed by atoms with Crippen LogP contribution < -0.4 is 21.3 Å². The van der Waals surface area contributed by atoms with E-state index < -0.39 is 0 Å². The molecule has 4 saturated carbocycles. The second-order valence-corrected chi connectivity index (χ2v) is 15.7. The molecule has 4 aliphatic rings. The van der Waals surface area contributed by atoms with Crippen molar-refractivity contribution in [1.82, 2.24) is 21.3 Å². The van der Waals surface area contributed by atoms with Gasteiger partial charge in [0, 0.05) is 47.4 Å². The van der Waals surface area contributed by atoms with E-state index in [1.807, 2.05) is 98.8 Å². The van der Waals surface area contributed by atoms with Gasteiger partial charge in [-0.15, -0.1) is 0 Å². The Labute approximate surface area is 318 Å². The van der Waals surface area contributed by atoms with Gasteiger partial charge in [0.25, 0.3) is 23.6 Å². The molecule has 4 aromatic carbocycles. The van der Waals surface area contributed by atoms with Gasteiger partial charge >= 0.3 is 0 Å². The second kappa shape index (κ2) is 16.8. The zero-order valence-electron chi connectivity index (χ0n) is 31.5. The molecule has 8 heteroatoms. The molecule has 54 heavy (non-hydrogen) atoms. The highest BCUT2D eigenvalue weighted by Gasteiger charge is 2.24. The van der Waals surface area contributed by atoms with E-state index in [0.717, 1.165) is 72.2 Å². The third-order valence-electron chi connectivity index (χ3n) is 11.3. The average molecular weight is 725 g/mol. The van der Waals surface area contributed by atoms with Crippen molar-refractivity contribution in [3.8, 4) is 22.3 Å². The monoisotopic (exact) mass is 724 g/mol. The lowest BCUT2D eigenvalue weighted by molar-refractivity contribution is 0.0908. The van der Waals surface area contributed by atoms with Crippen LogP contribution in [0.15, 0.2) is 84.9 Å². The molecule has 0 atom stereocenters. The normalized spacial score (nSPS) is 16.5. The molecular formula is C46H52N4O4. The van der Waals surface area contributed by atoms with Gasteiger partial charge < -0.3 is 21.3 Å². The molecule has 0 saturated heterocycles. The standard InChI is InChI=1S/2C23H26N2O2/c2*1-15-5-8-19(23(27)25-20-3-2-4-20)13-21(15)17-9-11-18(12-10-17)22(26)24-14-16-6-7-16/h2*5,8-13,16,20H,2-4,6-7,14H2,1H3,(H,24,26)(H,25,27). The molecule has 4 aliphatic carbocycles. The van der Waals surface area contributed by atoms with E-state index >= 15 is 0 Å². The van der Waals surface area contributed by atoms with Crippen LogP contribution in [0.3, 0.4) is 0 Å². The molecule has 4 aromatic rings. The number of carbonyl (C=O) groups excluding carboxylic acids is 4. The summed E-state index contributed by atoms with van der Waals surface area (Å²) in [4.78, 5) is 49.3. The minimum atomic E-state index is -0.0150. The van der Waals surface area contributed by atoms with Gasteiger partial charge in [-0.25, -0.2) is 0 Å². The van der Waals surface area contributed by atoms with Crippen molar-refractivity contribution >= 4 is 23.6 Å². The van der Waals surface area contributed by atoms with Crippen LogP contribution in [0.2, 0.25) is 0 Å². The molecule has 280 valence electrons. The number of benzene rings is 4. The first-order valence-corrected chi connectivity index (χ1v) is 19.8. The minimum Gasteiger partial charge on any atom is -0.352 e. The fourth-order valence-corrected chi connectivity index (χ4v) is 6.72. The predicted molar refractivity (Wildman–Crippen MR) is 214 cm³/mol. The number of hydrogen-bond acceptors (Lipinski definition) is 4. The van der Waals surface area contributed by atoms with Gasteiger partial charge in [-0.05, 0) is 172 Å². The van der Waals surface area contributed by atoms with Gasteiger partial charge in [0.15, 0.2) is 0 Å². The largest absolute Gasteiger partial charge is 0.352 e. The van der Waals surface area contributed by atoms with Crippen LogP contribution in [0.1, 0.15) is 117 Å². The van der Waals surface area contributed by atoms with Crippen molar-refractivity contribution in [3.05, 3.63) is 118 Å². The van der Waals surface area contributed by atoms with E-state index in [9.17, 15) is 19.2 Å². The number of amides is 4. The van der Waals surface area contributed by atoms with Crippen LogP contribution in [0.5, 0.6) is 0 Å². The van der Waals surface area contributed by atoms with Gasteiger partial charge in [-0.2, -0.15) is 0 Å². The van der Waals surface area contributed by atoms with Gasteiger partial charge in [0.2, 0.25) is 0 Å². The quantitative estimate of drug-likeness (QED) is 0.118. The van der Waals surface area contributed by atoms with Crippen molar-refractivity contribution in [1.29, 1.82) is 0 Å². The Morgan fingerprint density at radius 2 is 0.815 bits per heavy atom. The van der Waals surface area contributed by atoms with E-state index in [4.69, 9.17) is 0 Å². The third kappa shape index (κ3) is 9.64. The number of hydrogen-bond donors (Lipinski definition) is 4. The summed E-state index contributed by atoms with van der Waals surface area (Å²) in [6.07, 6.45) is 11.6. The minimum absolute atomic E-state index is 0.00276. The number of rotatable bonds is 12.